The lowest BCUT2D eigenvalue weighted by atomic mass is 10.0. The number of alkyl halides is 3. The second-order valence-electron chi connectivity index (χ2n) is 14.2. The molecule has 0 saturated heterocycles. The summed E-state index contributed by atoms with van der Waals surface area (Å²) in [5, 5.41) is 23.5. The van der Waals surface area contributed by atoms with Crippen LogP contribution in [0, 0.1) is 5.92 Å². The molecule has 2 aromatic rings. The fraction of sp³-hybridized carbons (Fsp3) is 0.487. The smallest absolute Gasteiger partial charge is 0.471 e. The number of nitrogens with one attached hydrogen (secondary N) is 6. The zero-order valence-corrected chi connectivity index (χ0v) is 34.1. The molecule has 11 N–H and O–H groups in total. The first-order valence-electron chi connectivity index (χ1n) is 19.1. The third-order valence-corrected chi connectivity index (χ3v) is 9.51. The van der Waals surface area contributed by atoms with Crippen molar-refractivity contribution in [2.24, 2.45) is 17.4 Å². The summed E-state index contributed by atoms with van der Waals surface area (Å²) in [5.74, 6) is -6.38. The maximum absolute atomic E-state index is 13.5. The van der Waals surface area contributed by atoms with Gasteiger partial charge in [0, 0.05) is 31.6 Å². The van der Waals surface area contributed by atoms with Crippen molar-refractivity contribution in [3.63, 3.8) is 0 Å². The van der Waals surface area contributed by atoms with Gasteiger partial charge in [0.2, 0.25) is 40.6 Å². The lowest BCUT2D eigenvalue weighted by molar-refractivity contribution is -0.173. The maximum Gasteiger partial charge on any atom is 0.471 e. The van der Waals surface area contributed by atoms with Crippen LogP contribution in [0.3, 0.4) is 0 Å². The van der Waals surface area contributed by atoms with E-state index in [9.17, 15) is 56.6 Å². The molecule has 60 heavy (non-hydrogen) atoms. The Labute approximate surface area is 349 Å². The molecule has 7 amide bonds. The van der Waals surface area contributed by atoms with E-state index in [4.69, 9.17) is 11.5 Å². The number of phenolic OH excluding ortho intramolecular Hbond substituents is 1. The summed E-state index contributed by atoms with van der Waals surface area (Å²) in [6.45, 7) is 2.19. The highest BCUT2D eigenvalue weighted by Gasteiger charge is 2.38. The van der Waals surface area contributed by atoms with Gasteiger partial charge >= 0.3 is 12.1 Å². The molecule has 0 aliphatic heterocycles. The Kier molecular flexibility index (Phi) is 21.6. The number of aromatic hydroxyl groups is 1. The minimum absolute atomic E-state index is 0.00287. The first kappa shape index (κ1) is 50.4. The van der Waals surface area contributed by atoms with Crippen molar-refractivity contribution in [3.05, 3.63) is 65.7 Å². The third kappa shape index (κ3) is 20.3. The number of unbranched alkanes of at least 4 members (excludes halogenated alkanes) is 1. The Morgan fingerprint density at radius 1 is 0.717 bits per heavy atom. The molecule has 17 nitrogen and oxygen atoms in total. The van der Waals surface area contributed by atoms with E-state index in [0.717, 1.165) is 11.8 Å². The van der Waals surface area contributed by atoms with Crippen molar-refractivity contribution in [1.29, 1.82) is 0 Å². The van der Waals surface area contributed by atoms with Crippen LogP contribution in [0.2, 0.25) is 0 Å². The quantitative estimate of drug-likeness (QED) is 0.0609. The zero-order valence-electron chi connectivity index (χ0n) is 33.3. The first-order chi connectivity index (χ1) is 28.2. The van der Waals surface area contributed by atoms with Crippen molar-refractivity contribution in [2.45, 2.75) is 89.1 Å². The number of amides is 7. The van der Waals surface area contributed by atoms with E-state index in [1.807, 2.05) is 13.8 Å². The molecular weight excluding hydrogens is 814 g/mol. The van der Waals surface area contributed by atoms with Gasteiger partial charge in [-0.25, -0.2) is 0 Å². The van der Waals surface area contributed by atoms with Crippen LogP contribution in [0.5, 0.6) is 5.75 Å². The van der Waals surface area contributed by atoms with E-state index in [0.29, 0.717) is 11.1 Å². The summed E-state index contributed by atoms with van der Waals surface area (Å²) in [7, 11) is 0. The molecule has 0 aromatic heterocycles. The number of phenols is 1. The standard InChI is InChI=1S/C39H53F3N8O9S/c1-23(2)18-30(37(58)60-17-15-31(44)52)50-36(57)29(19-24-8-4-3-5-9-24)48-33(54)22-46-32(53)21-47-35(56)28(20-25-11-13-26(51)14-12-25)49-34(55)27(43)10-6-7-16-45-38(59)39(40,41)42/h3-5,8-9,11-14,23,27-30,51H,6-7,10,15-22,43H2,1-2H3,(H2,44,52)(H,45,59)(H,46,53)(H,47,56)(H,48,54)(H,49,55)(H,50,57)/t27-,28-,29-,30-/m0/s1. The Morgan fingerprint density at radius 3 is 1.90 bits per heavy atom. The summed E-state index contributed by atoms with van der Waals surface area (Å²) >= 11 is 0.864. The van der Waals surface area contributed by atoms with Crippen LogP contribution in [0.1, 0.15) is 57.1 Å². The van der Waals surface area contributed by atoms with Crippen molar-refractivity contribution in [2.75, 3.05) is 25.4 Å². The fourth-order valence-electron chi connectivity index (χ4n) is 5.43. The van der Waals surface area contributed by atoms with Crippen LogP contribution >= 0.6 is 11.8 Å². The summed E-state index contributed by atoms with van der Waals surface area (Å²) in [6.07, 6.45) is -4.56. The van der Waals surface area contributed by atoms with Gasteiger partial charge in [-0.15, -0.1) is 0 Å². The van der Waals surface area contributed by atoms with Gasteiger partial charge in [-0.05, 0) is 54.9 Å². The molecule has 330 valence electrons. The number of thioether (sulfide) groups is 1. The van der Waals surface area contributed by atoms with E-state index < -0.39 is 84.8 Å². The van der Waals surface area contributed by atoms with Crippen LogP contribution in [0.15, 0.2) is 54.6 Å². The molecular formula is C39H53F3N8O9S. The highest BCUT2D eigenvalue weighted by molar-refractivity contribution is 8.13. The third-order valence-electron chi connectivity index (χ3n) is 8.54. The van der Waals surface area contributed by atoms with Gasteiger partial charge in [0.15, 0.2) is 0 Å². The number of hydrogen-bond acceptors (Lipinski definition) is 11. The molecule has 0 spiro atoms. The number of nitrogens with two attached hydrogens (primary N) is 2. The monoisotopic (exact) mass is 866 g/mol. The molecule has 0 unspecified atom stereocenters. The van der Waals surface area contributed by atoms with E-state index in [1.165, 1.54) is 24.3 Å². The molecule has 21 heteroatoms. The average Bonchev–Trinajstić information content (AvgIpc) is 3.18. The van der Waals surface area contributed by atoms with Gasteiger partial charge in [-0.1, -0.05) is 68.1 Å². The Hall–Kier alpha value is -5.70. The van der Waals surface area contributed by atoms with Gasteiger partial charge in [-0.2, -0.15) is 13.2 Å². The molecule has 0 aliphatic rings. The van der Waals surface area contributed by atoms with Gasteiger partial charge in [-0.3, -0.25) is 38.4 Å². The minimum atomic E-state index is -5.02. The number of carbonyl (C=O) groups excluding carboxylic acids is 8. The number of rotatable bonds is 25. The second kappa shape index (κ2) is 25.7. The molecule has 0 saturated carbocycles. The highest BCUT2D eigenvalue weighted by Crippen LogP contribution is 2.16. The van der Waals surface area contributed by atoms with Gasteiger partial charge in [0.1, 0.15) is 17.8 Å². The lowest BCUT2D eigenvalue weighted by Crippen LogP contribution is -2.55. The van der Waals surface area contributed by atoms with Crippen molar-refractivity contribution in [1.82, 2.24) is 31.9 Å². The van der Waals surface area contributed by atoms with E-state index in [2.05, 4.69) is 26.6 Å². The molecule has 2 rings (SSSR count). The number of benzene rings is 2. The van der Waals surface area contributed by atoms with E-state index in [1.54, 1.807) is 35.6 Å². The summed E-state index contributed by atoms with van der Waals surface area (Å²) in [5.41, 5.74) is 12.3. The van der Waals surface area contributed by atoms with Crippen LogP contribution in [-0.4, -0.2) is 107 Å². The van der Waals surface area contributed by atoms with Gasteiger partial charge in [0.25, 0.3) is 0 Å². The molecule has 0 fully saturated rings. The molecule has 0 bridgehead atoms. The van der Waals surface area contributed by atoms with Crippen molar-refractivity contribution < 1.29 is 56.6 Å². The highest BCUT2D eigenvalue weighted by atomic mass is 32.2. The predicted octanol–water partition coefficient (Wildman–Crippen LogP) is 0.222. The SMILES string of the molecule is CC(C)C[C@H](NC(=O)[C@H](Cc1ccccc1)NC(=O)CNC(=O)CNC(=O)[C@H](Cc1ccc(O)cc1)NC(=O)[C@@H](N)CCCCNC(=O)C(F)(F)F)C(=O)SCCC(N)=O. The van der Waals surface area contributed by atoms with E-state index in [-0.39, 0.29) is 74.0 Å². The number of halogens is 3. The molecule has 0 heterocycles. The summed E-state index contributed by atoms with van der Waals surface area (Å²) in [6, 6.07) is 9.92. The van der Waals surface area contributed by atoms with Crippen LogP contribution in [-0.2, 0) is 51.2 Å². The molecule has 2 aromatic carbocycles. The van der Waals surface area contributed by atoms with Crippen LogP contribution in [0.25, 0.3) is 0 Å². The average molecular weight is 867 g/mol. The topological polar surface area (TPSA) is 281 Å². The van der Waals surface area contributed by atoms with Crippen molar-refractivity contribution in [3.8, 4) is 5.75 Å². The Balaban J connectivity index is 2.02. The second-order valence-corrected chi connectivity index (χ2v) is 15.3. The van der Waals surface area contributed by atoms with Crippen LogP contribution < -0.4 is 43.4 Å². The van der Waals surface area contributed by atoms with E-state index >= 15 is 0 Å². The summed E-state index contributed by atoms with van der Waals surface area (Å²) < 4.78 is 37.1. The molecule has 0 radical (unpaired) electrons. The maximum atomic E-state index is 13.5. The van der Waals surface area contributed by atoms with Crippen molar-refractivity contribution >= 4 is 58.2 Å². The van der Waals surface area contributed by atoms with Gasteiger partial charge < -0.3 is 48.5 Å². The normalized spacial score (nSPS) is 13.2. The zero-order chi connectivity index (χ0) is 44.8. The minimum Gasteiger partial charge on any atom is -0.508 e. The molecule has 0 aliphatic carbocycles. The number of hydrogen-bond donors (Lipinski definition) is 9. The lowest BCUT2D eigenvalue weighted by Gasteiger charge is -2.24. The molecule has 4 atom stereocenters. The first-order valence-corrected chi connectivity index (χ1v) is 20.1. The van der Waals surface area contributed by atoms with Crippen LogP contribution in [0.4, 0.5) is 13.2 Å². The Morgan fingerprint density at radius 2 is 1.30 bits per heavy atom. The Bertz CT molecular complexity index is 1770. The number of carbonyl (C=O) groups is 8. The number of primary amides is 1. The predicted molar refractivity (Wildman–Crippen MR) is 215 cm³/mol. The summed E-state index contributed by atoms with van der Waals surface area (Å²) in [4.78, 5) is 101. The largest absolute Gasteiger partial charge is 0.508 e. The fourth-order valence-corrected chi connectivity index (χ4v) is 6.29. The van der Waals surface area contributed by atoms with Gasteiger partial charge in [0.05, 0.1) is 25.2 Å².